The second kappa shape index (κ2) is 4.19. The maximum absolute atomic E-state index is 4.84. The summed E-state index contributed by atoms with van der Waals surface area (Å²) in [6, 6.07) is 0. The van der Waals surface area contributed by atoms with E-state index in [4.69, 9.17) is 4.42 Å². The van der Waals surface area contributed by atoms with Gasteiger partial charge in [0.05, 0.1) is 16.7 Å². The van der Waals surface area contributed by atoms with Crippen molar-refractivity contribution in [3.63, 3.8) is 0 Å². The third-order valence-corrected chi connectivity index (χ3v) is 2.17. The van der Waals surface area contributed by atoms with E-state index in [0.29, 0.717) is 6.54 Å². The van der Waals surface area contributed by atoms with Gasteiger partial charge in [-0.25, -0.2) is 15.0 Å². The molecular formula is C8H7BrN4O. The quantitative estimate of drug-likeness (QED) is 0.906. The molecule has 2 aromatic rings. The van der Waals surface area contributed by atoms with Crippen molar-refractivity contribution in [1.29, 1.82) is 0 Å². The normalized spacial score (nSPS) is 10.1. The lowest BCUT2D eigenvalue weighted by atomic mass is 10.4. The number of hydrogen-bond acceptors (Lipinski definition) is 5. The fraction of sp³-hybridized carbons (Fsp3) is 0.125. The van der Waals surface area contributed by atoms with E-state index in [-0.39, 0.29) is 0 Å². The SMILES string of the molecule is Brc1cncnc1NCc1cocn1. The molecule has 6 heteroatoms. The molecule has 0 aliphatic carbocycles. The fourth-order valence-corrected chi connectivity index (χ4v) is 1.30. The predicted molar refractivity (Wildman–Crippen MR) is 53.6 cm³/mol. The summed E-state index contributed by atoms with van der Waals surface area (Å²) in [4.78, 5) is 11.9. The Bertz CT molecular complexity index is 403. The van der Waals surface area contributed by atoms with Crippen molar-refractivity contribution >= 4 is 21.7 Å². The molecule has 2 aromatic heterocycles. The molecule has 14 heavy (non-hydrogen) atoms. The van der Waals surface area contributed by atoms with Gasteiger partial charge >= 0.3 is 0 Å². The summed E-state index contributed by atoms with van der Waals surface area (Å²) in [6.45, 7) is 0.576. The van der Waals surface area contributed by atoms with Crippen LogP contribution in [0.1, 0.15) is 5.69 Å². The second-order valence-corrected chi connectivity index (χ2v) is 3.41. The van der Waals surface area contributed by atoms with Crippen LogP contribution in [0.15, 0.2) is 34.1 Å². The van der Waals surface area contributed by atoms with Crippen molar-refractivity contribution in [3.05, 3.63) is 35.3 Å². The summed E-state index contributed by atoms with van der Waals surface area (Å²) >= 11 is 3.33. The van der Waals surface area contributed by atoms with Crippen LogP contribution in [0.4, 0.5) is 5.82 Å². The number of oxazole rings is 1. The van der Waals surface area contributed by atoms with Crippen molar-refractivity contribution < 1.29 is 4.42 Å². The maximum atomic E-state index is 4.84. The lowest BCUT2D eigenvalue weighted by Crippen LogP contribution is -2.02. The van der Waals surface area contributed by atoms with Crippen LogP contribution >= 0.6 is 15.9 Å². The third kappa shape index (κ3) is 2.08. The van der Waals surface area contributed by atoms with Crippen molar-refractivity contribution in [2.24, 2.45) is 0 Å². The summed E-state index contributed by atoms with van der Waals surface area (Å²) in [5.41, 5.74) is 0.829. The van der Waals surface area contributed by atoms with Crippen molar-refractivity contribution in [2.75, 3.05) is 5.32 Å². The topological polar surface area (TPSA) is 63.8 Å². The smallest absolute Gasteiger partial charge is 0.180 e. The zero-order valence-electron chi connectivity index (χ0n) is 7.14. The molecule has 0 spiro atoms. The molecule has 2 rings (SSSR count). The van der Waals surface area contributed by atoms with Gasteiger partial charge in [0.2, 0.25) is 0 Å². The van der Waals surface area contributed by atoms with E-state index in [9.17, 15) is 0 Å². The van der Waals surface area contributed by atoms with Gasteiger partial charge in [0.1, 0.15) is 18.4 Å². The number of anilines is 1. The van der Waals surface area contributed by atoms with Crippen molar-refractivity contribution in [3.8, 4) is 0 Å². The second-order valence-electron chi connectivity index (χ2n) is 2.55. The summed E-state index contributed by atoms with van der Waals surface area (Å²) in [5.74, 6) is 0.739. The fourth-order valence-electron chi connectivity index (χ4n) is 0.942. The number of aromatic nitrogens is 3. The number of halogens is 1. The molecule has 0 bridgehead atoms. The highest BCUT2D eigenvalue weighted by atomic mass is 79.9. The zero-order valence-corrected chi connectivity index (χ0v) is 8.73. The van der Waals surface area contributed by atoms with Crippen LogP contribution in [-0.2, 0) is 6.54 Å². The molecule has 0 aliphatic rings. The van der Waals surface area contributed by atoms with Gasteiger partial charge in [-0.05, 0) is 15.9 Å². The predicted octanol–water partition coefficient (Wildman–Crippen LogP) is 1.84. The van der Waals surface area contributed by atoms with Crippen LogP contribution in [0.2, 0.25) is 0 Å². The minimum Gasteiger partial charge on any atom is -0.451 e. The molecule has 72 valence electrons. The lowest BCUT2D eigenvalue weighted by Gasteiger charge is -2.03. The van der Waals surface area contributed by atoms with E-state index in [0.717, 1.165) is 16.0 Å². The van der Waals surface area contributed by atoms with E-state index in [2.05, 4.69) is 36.2 Å². The molecule has 0 amide bonds. The highest BCUT2D eigenvalue weighted by molar-refractivity contribution is 9.10. The molecular weight excluding hydrogens is 248 g/mol. The van der Waals surface area contributed by atoms with Crippen LogP contribution in [0, 0.1) is 0 Å². The van der Waals surface area contributed by atoms with Crippen LogP contribution in [0.25, 0.3) is 0 Å². The molecule has 0 atom stereocenters. The third-order valence-electron chi connectivity index (χ3n) is 1.59. The average Bonchev–Trinajstić information content (AvgIpc) is 2.69. The lowest BCUT2D eigenvalue weighted by molar-refractivity contribution is 0.556. The first-order valence-corrected chi connectivity index (χ1v) is 4.72. The Kier molecular flexibility index (Phi) is 2.73. The largest absolute Gasteiger partial charge is 0.451 e. The zero-order chi connectivity index (χ0) is 9.80. The van der Waals surface area contributed by atoms with E-state index in [1.54, 1.807) is 12.5 Å². The van der Waals surface area contributed by atoms with Gasteiger partial charge in [-0.2, -0.15) is 0 Å². The number of nitrogens with one attached hydrogen (secondary N) is 1. The standard InChI is InChI=1S/C8H7BrN4O/c9-7-2-10-4-12-8(7)11-1-6-3-14-5-13-6/h2-5H,1H2,(H,10,11,12). The first-order chi connectivity index (χ1) is 6.86. The molecule has 0 radical (unpaired) electrons. The van der Waals surface area contributed by atoms with E-state index < -0.39 is 0 Å². The summed E-state index contributed by atoms with van der Waals surface area (Å²) in [7, 11) is 0. The van der Waals surface area contributed by atoms with Crippen LogP contribution in [-0.4, -0.2) is 15.0 Å². The summed E-state index contributed by atoms with van der Waals surface area (Å²) in [5, 5.41) is 3.09. The Morgan fingerprint density at radius 1 is 1.43 bits per heavy atom. The van der Waals surface area contributed by atoms with Crippen molar-refractivity contribution in [2.45, 2.75) is 6.54 Å². The van der Waals surface area contributed by atoms with Crippen LogP contribution in [0.3, 0.4) is 0 Å². The minimum atomic E-state index is 0.576. The van der Waals surface area contributed by atoms with E-state index in [1.165, 1.54) is 12.7 Å². The van der Waals surface area contributed by atoms with Crippen molar-refractivity contribution in [1.82, 2.24) is 15.0 Å². The highest BCUT2D eigenvalue weighted by Gasteiger charge is 2.01. The Morgan fingerprint density at radius 3 is 3.07 bits per heavy atom. The van der Waals surface area contributed by atoms with Crippen LogP contribution < -0.4 is 5.32 Å². The minimum absolute atomic E-state index is 0.576. The van der Waals surface area contributed by atoms with Gasteiger partial charge in [-0.1, -0.05) is 0 Å². The number of hydrogen-bond donors (Lipinski definition) is 1. The molecule has 0 aliphatic heterocycles. The first kappa shape index (κ1) is 9.14. The molecule has 0 saturated carbocycles. The molecule has 1 N–H and O–H groups in total. The van der Waals surface area contributed by atoms with Gasteiger partial charge in [0.15, 0.2) is 6.39 Å². The molecule has 0 saturated heterocycles. The number of rotatable bonds is 3. The molecule has 5 nitrogen and oxygen atoms in total. The molecule has 0 unspecified atom stereocenters. The van der Waals surface area contributed by atoms with E-state index in [1.807, 2.05) is 0 Å². The first-order valence-electron chi connectivity index (χ1n) is 3.92. The Labute approximate surface area is 88.7 Å². The Morgan fingerprint density at radius 2 is 2.36 bits per heavy atom. The average molecular weight is 255 g/mol. The van der Waals surface area contributed by atoms with Gasteiger partial charge in [0, 0.05) is 6.20 Å². The monoisotopic (exact) mass is 254 g/mol. The van der Waals surface area contributed by atoms with Gasteiger partial charge in [0.25, 0.3) is 0 Å². The molecule has 0 aromatic carbocycles. The highest BCUT2D eigenvalue weighted by Crippen LogP contribution is 2.17. The summed E-state index contributed by atoms with van der Waals surface area (Å²) < 4.78 is 5.66. The van der Waals surface area contributed by atoms with Gasteiger partial charge in [-0.15, -0.1) is 0 Å². The Hall–Kier alpha value is -1.43. The van der Waals surface area contributed by atoms with Gasteiger partial charge in [-0.3, -0.25) is 0 Å². The van der Waals surface area contributed by atoms with Gasteiger partial charge < -0.3 is 9.73 Å². The molecule has 2 heterocycles. The Balaban J connectivity index is 2.02. The van der Waals surface area contributed by atoms with E-state index >= 15 is 0 Å². The van der Waals surface area contributed by atoms with Crippen LogP contribution in [0.5, 0.6) is 0 Å². The molecule has 0 fully saturated rings. The maximum Gasteiger partial charge on any atom is 0.180 e. The summed E-state index contributed by atoms with van der Waals surface area (Å²) in [6.07, 6.45) is 6.14. The number of nitrogens with zero attached hydrogens (tertiary/aromatic N) is 3.